The van der Waals surface area contributed by atoms with Crippen LogP contribution in [0.3, 0.4) is 0 Å². The molecule has 0 radical (unpaired) electrons. The van der Waals surface area contributed by atoms with E-state index in [4.69, 9.17) is 4.74 Å². The van der Waals surface area contributed by atoms with Crippen LogP contribution >= 0.6 is 0 Å². The number of nitrogens with one attached hydrogen (secondary N) is 1. The molecule has 5 heteroatoms. The Morgan fingerprint density at radius 3 is 2.74 bits per heavy atom. The van der Waals surface area contributed by atoms with Crippen LogP contribution < -0.4 is 5.32 Å². The highest BCUT2D eigenvalue weighted by Crippen LogP contribution is 2.08. The van der Waals surface area contributed by atoms with Gasteiger partial charge in [0.15, 0.2) is 0 Å². The fraction of sp³-hybridized carbons (Fsp3) is 0.571. The molecule has 0 aliphatic rings. The van der Waals surface area contributed by atoms with Gasteiger partial charge in [-0.25, -0.2) is 4.98 Å². The zero-order chi connectivity index (χ0) is 14.1. The summed E-state index contributed by atoms with van der Waals surface area (Å²) in [6.07, 6.45) is 2.67. The molecule has 0 aromatic carbocycles. The maximum atomic E-state index is 12.2. The van der Waals surface area contributed by atoms with E-state index in [2.05, 4.69) is 17.2 Å². The van der Waals surface area contributed by atoms with Crippen LogP contribution in [0.5, 0.6) is 0 Å². The number of rotatable bonds is 8. The van der Waals surface area contributed by atoms with Gasteiger partial charge in [0.25, 0.3) is 5.91 Å². The number of carbonyl (C=O) groups excluding carboxylic acids is 1. The summed E-state index contributed by atoms with van der Waals surface area (Å²) >= 11 is 0. The number of methoxy groups -OCH3 is 1. The van der Waals surface area contributed by atoms with Gasteiger partial charge in [0, 0.05) is 32.9 Å². The highest BCUT2D eigenvalue weighted by Gasteiger charge is 2.13. The van der Waals surface area contributed by atoms with E-state index in [0.717, 1.165) is 18.8 Å². The molecule has 0 spiro atoms. The van der Waals surface area contributed by atoms with E-state index < -0.39 is 0 Å². The molecule has 5 nitrogen and oxygen atoms in total. The van der Waals surface area contributed by atoms with Gasteiger partial charge in [-0.3, -0.25) is 4.79 Å². The molecule has 0 aliphatic heterocycles. The lowest BCUT2D eigenvalue weighted by atomic mass is 10.2. The first kappa shape index (κ1) is 15.4. The standard InChI is InChI=1S/C14H23N3O2/c1-4-8-15-13-7-6-12(11-16-13)14(18)17(5-2)9-10-19-3/h6-7,11H,4-5,8-10H2,1-3H3,(H,15,16). The number of hydrogen-bond acceptors (Lipinski definition) is 4. The van der Waals surface area contributed by atoms with E-state index in [1.54, 1.807) is 18.2 Å². The maximum absolute atomic E-state index is 12.2. The van der Waals surface area contributed by atoms with Gasteiger partial charge in [0.05, 0.1) is 12.2 Å². The van der Waals surface area contributed by atoms with Gasteiger partial charge in [-0.05, 0) is 25.5 Å². The van der Waals surface area contributed by atoms with Gasteiger partial charge in [-0.15, -0.1) is 0 Å². The third-order valence-electron chi connectivity index (χ3n) is 2.80. The summed E-state index contributed by atoms with van der Waals surface area (Å²) in [6, 6.07) is 3.65. The molecule has 1 heterocycles. The predicted molar refractivity (Wildman–Crippen MR) is 76.5 cm³/mol. The molecule has 0 atom stereocenters. The van der Waals surface area contributed by atoms with Crippen molar-refractivity contribution in [1.82, 2.24) is 9.88 Å². The van der Waals surface area contributed by atoms with Crippen molar-refractivity contribution in [2.24, 2.45) is 0 Å². The van der Waals surface area contributed by atoms with Crippen molar-refractivity contribution in [3.05, 3.63) is 23.9 Å². The maximum Gasteiger partial charge on any atom is 0.255 e. The van der Waals surface area contributed by atoms with Crippen LogP contribution in [-0.4, -0.2) is 49.1 Å². The third-order valence-corrected chi connectivity index (χ3v) is 2.80. The van der Waals surface area contributed by atoms with Crippen LogP contribution in [0.2, 0.25) is 0 Å². The molecule has 1 aromatic rings. The summed E-state index contributed by atoms with van der Waals surface area (Å²) in [5.74, 6) is 0.799. The molecule has 19 heavy (non-hydrogen) atoms. The highest BCUT2D eigenvalue weighted by atomic mass is 16.5. The van der Waals surface area contributed by atoms with Crippen molar-refractivity contribution in [3.8, 4) is 0 Å². The summed E-state index contributed by atoms with van der Waals surface area (Å²) in [5.41, 5.74) is 0.611. The number of carbonyl (C=O) groups is 1. The quantitative estimate of drug-likeness (QED) is 0.781. The Hall–Kier alpha value is -1.62. The number of pyridine rings is 1. The van der Waals surface area contributed by atoms with Crippen molar-refractivity contribution in [1.29, 1.82) is 0 Å². The Bertz CT molecular complexity index is 379. The number of hydrogen-bond donors (Lipinski definition) is 1. The minimum absolute atomic E-state index is 0.00547. The van der Waals surface area contributed by atoms with Gasteiger partial charge in [0.1, 0.15) is 5.82 Å². The molecule has 0 unspecified atom stereocenters. The second-order valence-electron chi connectivity index (χ2n) is 4.24. The summed E-state index contributed by atoms with van der Waals surface area (Å²) < 4.78 is 5.00. The van der Waals surface area contributed by atoms with E-state index >= 15 is 0 Å². The van der Waals surface area contributed by atoms with E-state index in [-0.39, 0.29) is 5.91 Å². The summed E-state index contributed by atoms with van der Waals surface area (Å²) in [5, 5.41) is 3.18. The van der Waals surface area contributed by atoms with Crippen molar-refractivity contribution in [3.63, 3.8) is 0 Å². The second-order valence-corrected chi connectivity index (χ2v) is 4.24. The number of likely N-dealkylation sites (N-methyl/N-ethyl adjacent to an activating group) is 1. The molecule has 0 aliphatic carbocycles. The number of anilines is 1. The molecule has 0 bridgehead atoms. The molecular formula is C14H23N3O2. The average Bonchev–Trinajstić information content (AvgIpc) is 2.46. The second kappa shape index (κ2) is 8.48. The average molecular weight is 265 g/mol. The Balaban J connectivity index is 2.65. The minimum Gasteiger partial charge on any atom is -0.383 e. The van der Waals surface area contributed by atoms with Crippen LogP contribution in [0.4, 0.5) is 5.82 Å². The molecule has 1 amide bonds. The Kier molecular flexibility index (Phi) is 6.89. The summed E-state index contributed by atoms with van der Waals surface area (Å²) in [4.78, 5) is 18.2. The zero-order valence-electron chi connectivity index (χ0n) is 12.0. The lowest BCUT2D eigenvalue weighted by Gasteiger charge is -2.20. The van der Waals surface area contributed by atoms with Gasteiger partial charge < -0.3 is 15.0 Å². The zero-order valence-corrected chi connectivity index (χ0v) is 12.0. The van der Waals surface area contributed by atoms with Crippen LogP contribution in [0.1, 0.15) is 30.6 Å². The van der Waals surface area contributed by atoms with Gasteiger partial charge >= 0.3 is 0 Å². The monoisotopic (exact) mass is 265 g/mol. The molecule has 0 saturated carbocycles. The largest absolute Gasteiger partial charge is 0.383 e. The number of amides is 1. The summed E-state index contributed by atoms with van der Waals surface area (Å²) in [7, 11) is 1.63. The van der Waals surface area contributed by atoms with Crippen molar-refractivity contribution < 1.29 is 9.53 Å². The molecule has 1 N–H and O–H groups in total. The van der Waals surface area contributed by atoms with Crippen LogP contribution in [0, 0.1) is 0 Å². The van der Waals surface area contributed by atoms with Gasteiger partial charge in [-0.1, -0.05) is 6.92 Å². The highest BCUT2D eigenvalue weighted by molar-refractivity contribution is 5.94. The van der Waals surface area contributed by atoms with Gasteiger partial charge in [-0.2, -0.15) is 0 Å². The van der Waals surface area contributed by atoms with E-state index in [0.29, 0.717) is 25.3 Å². The van der Waals surface area contributed by atoms with Crippen LogP contribution in [-0.2, 0) is 4.74 Å². The first-order chi connectivity index (χ1) is 9.22. The first-order valence-corrected chi connectivity index (χ1v) is 6.71. The number of ether oxygens (including phenoxy) is 1. The lowest BCUT2D eigenvalue weighted by Crippen LogP contribution is -2.33. The van der Waals surface area contributed by atoms with Crippen LogP contribution in [0.15, 0.2) is 18.3 Å². The lowest BCUT2D eigenvalue weighted by molar-refractivity contribution is 0.0706. The molecule has 1 rings (SSSR count). The van der Waals surface area contributed by atoms with E-state index in [1.165, 1.54) is 0 Å². The Morgan fingerprint density at radius 2 is 2.21 bits per heavy atom. The molecule has 1 aromatic heterocycles. The summed E-state index contributed by atoms with van der Waals surface area (Å²) in [6.45, 7) is 6.75. The molecule has 0 saturated heterocycles. The smallest absolute Gasteiger partial charge is 0.255 e. The minimum atomic E-state index is -0.00547. The van der Waals surface area contributed by atoms with Crippen molar-refractivity contribution >= 4 is 11.7 Å². The van der Waals surface area contributed by atoms with Crippen molar-refractivity contribution in [2.75, 3.05) is 38.7 Å². The molecular weight excluding hydrogens is 242 g/mol. The number of aromatic nitrogens is 1. The van der Waals surface area contributed by atoms with E-state index in [1.807, 2.05) is 19.1 Å². The van der Waals surface area contributed by atoms with Gasteiger partial charge in [0.2, 0.25) is 0 Å². The fourth-order valence-electron chi connectivity index (χ4n) is 1.67. The normalized spacial score (nSPS) is 10.3. The van der Waals surface area contributed by atoms with Crippen molar-refractivity contribution in [2.45, 2.75) is 20.3 Å². The predicted octanol–water partition coefficient (Wildman–Crippen LogP) is 2.01. The molecule has 106 valence electrons. The Labute approximate surface area is 115 Å². The first-order valence-electron chi connectivity index (χ1n) is 6.71. The topological polar surface area (TPSA) is 54.5 Å². The third kappa shape index (κ3) is 4.87. The molecule has 0 fully saturated rings. The van der Waals surface area contributed by atoms with E-state index in [9.17, 15) is 4.79 Å². The number of nitrogens with zero attached hydrogens (tertiary/aromatic N) is 2. The SMILES string of the molecule is CCCNc1ccc(C(=O)N(CC)CCOC)cn1. The van der Waals surface area contributed by atoms with Crippen LogP contribution in [0.25, 0.3) is 0 Å². The Morgan fingerprint density at radius 1 is 1.42 bits per heavy atom. The fourth-order valence-corrected chi connectivity index (χ4v) is 1.67.